The Morgan fingerprint density at radius 2 is 0.704 bits per heavy atom. The standard InChI is InChI=1S/C48H102N4O2/c1-9-11-13-25-33-45-37-38-46(34-26-21-18-20-24-30-44-54-50-40-32-42-52(6,7)8)48(47(45)35-27-14-12-10-2)36-28-22-17-15-16-19-23-29-43-53-49-39-31-41-51(3,4)5/h45-50H,9-44H2,1-8H3/q+2/t45?,46-,47?,48?/m1/s1. The number of hydroxylamine groups is 2. The fourth-order valence-electron chi connectivity index (χ4n) is 9.25. The van der Waals surface area contributed by atoms with E-state index in [1.54, 1.807) is 0 Å². The molecule has 0 radical (unpaired) electrons. The molecule has 0 aliphatic heterocycles. The van der Waals surface area contributed by atoms with Crippen molar-refractivity contribution in [3.05, 3.63) is 0 Å². The molecule has 0 aromatic heterocycles. The average Bonchev–Trinajstić information content (AvgIpc) is 3.12. The van der Waals surface area contributed by atoms with Gasteiger partial charge in [0.25, 0.3) is 0 Å². The number of hydrogen-bond acceptors (Lipinski definition) is 4. The van der Waals surface area contributed by atoms with E-state index < -0.39 is 0 Å². The van der Waals surface area contributed by atoms with Crippen LogP contribution in [0.5, 0.6) is 0 Å². The minimum absolute atomic E-state index is 0.859. The summed E-state index contributed by atoms with van der Waals surface area (Å²) in [6.45, 7) is 10.8. The minimum atomic E-state index is 0.859. The highest BCUT2D eigenvalue weighted by molar-refractivity contribution is 4.88. The maximum Gasteiger partial charge on any atom is 0.0793 e. The van der Waals surface area contributed by atoms with E-state index in [0.29, 0.717) is 0 Å². The Labute approximate surface area is 340 Å². The van der Waals surface area contributed by atoms with Crippen LogP contribution in [0.1, 0.15) is 206 Å². The van der Waals surface area contributed by atoms with Crippen molar-refractivity contribution in [1.82, 2.24) is 11.0 Å². The second-order valence-corrected chi connectivity index (χ2v) is 19.9. The van der Waals surface area contributed by atoms with Crippen LogP contribution < -0.4 is 11.0 Å². The van der Waals surface area contributed by atoms with E-state index in [0.717, 1.165) is 71.8 Å². The van der Waals surface area contributed by atoms with Gasteiger partial charge in [0.15, 0.2) is 0 Å². The first-order chi connectivity index (χ1) is 26.1. The van der Waals surface area contributed by atoms with Crippen LogP contribution >= 0.6 is 0 Å². The van der Waals surface area contributed by atoms with E-state index >= 15 is 0 Å². The van der Waals surface area contributed by atoms with Crippen LogP contribution in [0.15, 0.2) is 0 Å². The number of nitrogens with zero attached hydrogens (tertiary/aromatic N) is 2. The lowest BCUT2D eigenvalue weighted by molar-refractivity contribution is -0.870. The van der Waals surface area contributed by atoms with E-state index in [4.69, 9.17) is 9.68 Å². The molecular formula is C48H102N4O2+2. The molecule has 0 aromatic rings. The molecule has 324 valence electrons. The molecule has 0 saturated heterocycles. The van der Waals surface area contributed by atoms with E-state index in [9.17, 15) is 0 Å². The van der Waals surface area contributed by atoms with Gasteiger partial charge in [0.1, 0.15) is 0 Å². The Morgan fingerprint density at radius 1 is 0.389 bits per heavy atom. The first-order valence-electron chi connectivity index (χ1n) is 24.4. The highest BCUT2D eigenvalue weighted by Crippen LogP contribution is 2.47. The SMILES string of the molecule is CCCCCCC1CC[C@@H](CCCCCCCCONCCC[N+](C)(C)C)C(CCCCCCCCCCONCCC[N+](C)(C)C)C1CCCCCC. The van der Waals surface area contributed by atoms with Gasteiger partial charge in [0.2, 0.25) is 0 Å². The van der Waals surface area contributed by atoms with Gasteiger partial charge in [-0.05, 0) is 62.2 Å². The molecule has 54 heavy (non-hydrogen) atoms. The first kappa shape index (κ1) is 51.8. The Balaban J connectivity index is 2.42. The quantitative estimate of drug-likeness (QED) is 0.0370. The van der Waals surface area contributed by atoms with Crippen molar-refractivity contribution < 1.29 is 18.6 Å². The zero-order valence-corrected chi connectivity index (χ0v) is 38.5. The van der Waals surface area contributed by atoms with Crippen LogP contribution in [0, 0.1) is 23.7 Å². The molecular weight excluding hydrogens is 665 g/mol. The van der Waals surface area contributed by atoms with E-state index in [1.165, 1.54) is 193 Å². The van der Waals surface area contributed by atoms with Crippen LogP contribution in [0.25, 0.3) is 0 Å². The van der Waals surface area contributed by atoms with Crippen LogP contribution in [0.3, 0.4) is 0 Å². The third-order valence-electron chi connectivity index (χ3n) is 12.5. The van der Waals surface area contributed by atoms with Gasteiger partial charge in [-0.25, -0.2) is 11.0 Å². The predicted molar refractivity (Wildman–Crippen MR) is 238 cm³/mol. The fourth-order valence-corrected chi connectivity index (χ4v) is 9.25. The lowest BCUT2D eigenvalue weighted by Crippen LogP contribution is -2.36. The molecule has 0 bridgehead atoms. The summed E-state index contributed by atoms with van der Waals surface area (Å²) >= 11 is 0. The van der Waals surface area contributed by atoms with Crippen molar-refractivity contribution in [2.24, 2.45) is 23.7 Å². The molecule has 6 nitrogen and oxygen atoms in total. The highest BCUT2D eigenvalue weighted by atomic mass is 16.6. The van der Waals surface area contributed by atoms with Crippen LogP contribution in [0.2, 0.25) is 0 Å². The number of nitrogens with one attached hydrogen (secondary N) is 2. The van der Waals surface area contributed by atoms with Gasteiger partial charge in [0.05, 0.1) is 68.6 Å². The van der Waals surface area contributed by atoms with Crippen molar-refractivity contribution in [3.63, 3.8) is 0 Å². The van der Waals surface area contributed by atoms with Gasteiger partial charge >= 0.3 is 0 Å². The summed E-state index contributed by atoms with van der Waals surface area (Å²) in [7, 11) is 13.5. The van der Waals surface area contributed by atoms with E-state index in [2.05, 4.69) is 67.1 Å². The van der Waals surface area contributed by atoms with Crippen molar-refractivity contribution >= 4 is 0 Å². The molecule has 2 N–H and O–H groups in total. The summed E-state index contributed by atoms with van der Waals surface area (Å²) < 4.78 is 2.05. The molecule has 0 spiro atoms. The smallest absolute Gasteiger partial charge is 0.0793 e. The van der Waals surface area contributed by atoms with Crippen LogP contribution in [-0.4, -0.2) is 90.6 Å². The summed E-state index contributed by atoms with van der Waals surface area (Å²) in [6.07, 6.45) is 42.3. The molecule has 1 fully saturated rings. The zero-order valence-electron chi connectivity index (χ0n) is 38.5. The maximum atomic E-state index is 5.70. The highest BCUT2D eigenvalue weighted by Gasteiger charge is 2.37. The molecule has 3 unspecified atom stereocenters. The molecule has 1 saturated carbocycles. The lowest BCUT2D eigenvalue weighted by atomic mass is 9.61. The summed E-state index contributed by atoms with van der Waals surface area (Å²) in [4.78, 5) is 11.4. The third-order valence-corrected chi connectivity index (χ3v) is 12.5. The summed E-state index contributed by atoms with van der Waals surface area (Å²) in [5.41, 5.74) is 6.35. The predicted octanol–water partition coefficient (Wildman–Crippen LogP) is 12.7. The average molecular weight is 767 g/mol. The molecule has 1 rings (SSSR count). The van der Waals surface area contributed by atoms with Crippen molar-refractivity contribution in [1.29, 1.82) is 0 Å². The molecule has 0 aromatic carbocycles. The van der Waals surface area contributed by atoms with Crippen LogP contribution in [0.4, 0.5) is 0 Å². The molecule has 0 heterocycles. The molecule has 0 amide bonds. The van der Waals surface area contributed by atoms with Gasteiger partial charge in [-0.15, -0.1) is 0 Å². The zero-order chi connectivity index (χ0) is 39.6. The second kappa shape index (κ2) is 34.8. The van der Waals surface area contributed by atoms with Gasteiger partial charge < -0.3 is 18.6 Å². The molecule has 1 aliphatic carbocycles. The molecule has 1 aliphatic rings. The lowest BCUT2D eigenvalue weighted by Gasteiger charge is -2.44. The van der Waals surface area contributed by atoms with Gasteiger partial charge in [0, 0.05) is 25.9 Å². The number of unbranched alkanes of at least 4 members (excludes halogenated alkanes) is 18. The number of quaternary nitrogens is 2. The van der Waals surface area contributed by atoms with Gasteiger partial charge in [-0.2, -0.15) is 0 Å². The topological polar surface area (TPSA) is 42.5 Å². The van der Waals surface area contributed by atoms with Crippen molar-refractivity contribution in [2.45, 2.75) is 206 Å². The number of rotatable bonds is 40. The third kappa shape index (κ3) is 31.8. The first-order valence-corrected chi connectivity index (χ1v) is 24.4. The van der Waals surface area contributed by atoms with Crippen molar-refractivity contribution in [3.8, 4) is 0 Å². The molecule has 6 heteroatoms. The normalized spacial score (nSPS) is 19.6. The van der Waals surface area contributed by atoms with Crippen LogP contribution in [-0.2, 0) is 9.68 Å². The Hall–Kier alpha value is -0.240. The second-order valence-electron chi connectivity index (χ2n) is 19.9. The Morgan fingerprint density at radius 3 is 1.06 bits per heavy atom. The number of hydrogen-bond donors (Lipinski definition) is 2. The fraction of sp³-hybridized carbons (Fsp3) is 1.00. The van der Waals surface area contributed by atoms with Gasteiger partial charge in [-0.1, -0.05) is 155 Å². The minimum Gasteiger partial charge on any atom is -0.331 e. The van der Waals surface area contributed by atoms with Crippen molar-refractivity contribution in [2.75, 3.05) is 81.7 Å². The summed E-state index contributed by atoms with van der Waals surface area (Å²) in [6, 6.07) is 0. The van der Waals surface area contributed by atoms with E-state index in [-0.39, 0.29) is 0 Å². The maximum absolute atomic E-state index is 5.70. The summed E-state index contributed by atoms with van der Waals surface area (Å²) in [5.74, 6) is 4.03. The Bertz CT molecular complexity index is 782. The van der Waals surface area contributed by atoms with Gasteiger partial charge in [-0.3, -0.25) is 0 Å². The Kier molecular flexibility index (Phi) is 33.3. The largest absolute Gasteiger partial charge is 0.331 e. The monoisotopic (exact) mass is 767 g/mol. The van der Waals surface area contributed by atoms with E-state index in [1.807, 2.05) is 0 Å². The molecule has 4 atom stereocenters. The summed E-state index contributed by atoms with van der Waals surface area (Å²) in [5, 5.41) is 0.